The van der Waals surface area contributed by atoms with Crippen molar-refractivity contribution in [1.82, 2.24) is 15.1 Å². The molecule has 0 radical (unpaired) electrons. The molecule has 2 aromatic heterocycles. The topological polar surface area (TPSA) is 43.0 Å². The molecule has 2 heterocycles. The number of rotatable bonds is 4. The maximum absolute atomic E-state index is 6.15. The third kappa shape index (κ3) is 3.64. The van der Waals surface area contributed by atoms with Crippen LogP contribution in [0.2, 0.25) is 5.02 Å². The van der Waals surface area contributed by atoms with E-state index in [-0.39, 0.29) is 5.54 Å². The highest BCUT2D eigenvalue weighted by molar-refractivity contribution is 6.31. The Bertz CT molecular complexity index is 593. The van der Waals surface area contributed by atoms with Gasteiger partial charge in [-0.2, -0.15) is 5.10 Å². The van der Waals surface area contributed by atoms with Crippen LogP contribution in [0.1, 0.15) is 43.7 Å². The summed E-state index contributed by atoms with van der Waals surface area (Å²) in [7, 11) is 0. The van der Waals surface area contributed by atoms with E-state index in [1.165, 1.54) is 0 Å². The summed E-state index contributed by atoms with van der Waals surface area (Å²) in [5.41, 5.74) is 1.90. The van der Waals surface area contributed by atoms with Gasteiger partial charge in [-0.05, 0) is 46.8 Å². The summed E-state index contributed by atoms with van der Waals surface area (Å²) >= 11 is 6.15. The van der Waals surface area contributed by atoms with Gasteiger partial charge < -0.3 is 9.73 Å². The van der Waals surface area contributed by atoms with E-state index in [0.717, 1.165) is 34.5 Å². The lowest BCUT2D eigenvalue weighted by molar-refractivity contribution is 0.374. The van der Waals surface area contributed by atoms with E-state index in [1.807, 2.05) is 30.7 Å². The normalized spacial score (nSPS) is 12.1. The molecule has 0 aliphatic carbocycles. The first-order chi connectivity index (χ1) is 9.26. The van der Waals surface area contributed by atoms with Crippen molar-refractivity contribution in [2.75, 3.05) is 0 Å². The first kappa shape index (κ1) is 15.1. The molecule has 0 unspecified atom stereocenters. The number of furan rings is 1. The van der Waals surface area contributed by atoms with Crippen LogP contribution in [0.15, 0.2) is 16.5 Å². The molecule has 0 fully saturated rings. The number of hydrogen-bond acceptors (Lipinski definition) is 3. The second-order valence-electron chi connectivity index (χ2n) is 6.11. The molecule has 0 aliphatic heterocycles. The van der Waals surface area contributed by atoms with Gasteiger partial charge in [0.15, 0.2) is 0 Å². The zero-order valence-corrected chi connectivity index (χ0v) is 13.5. The first-order valence-electron chi connectivity index (χ1n) is 6.78. The third-order valence-electron chi connectivity index (χ3n) is 3.11. The fourth-order valence-electron chi connectivity index (χ4n) is 1.93. The van der Waals surface area contributed by atoms with Gasteiger partial charge in [-0.1, -0.05) is 11.6 Å². The molecule has 0 amide bonds. The van der Waals surface area contributed by atoms with Crippen molar-refractivity contribution in [3.8, 4) is 0 Å². The van der Waals surface area contributed by atoms with Crippen LogP contribution in [0.25, 0.3) is 0 Å². The minimum Gasteiger partial charge on any atom is -0.463 e. The van der Waals surface area contributed by atoms with Crippen LogP contribution < -0.4 is 5.32 Å². The summed E-state index contributed by atoms with van der Waals surface area (Å²) in [6.45, 7) is 11.6. The molecule has 2 aromatic rings. The van der Waals surface area contributed by atoms with Gasteiger partial charge in [0.25, 0.3) is 0 Å². The Morgan fingerprint density at radius 2 is 1.90 bits per heavy atom. The van der Waals surface area contributed by atoms with E-state index >= 15 is 0 Å². The quantitative estimate of drug-likeness (QED) is 0.935. The van der Waals surface area contributed by atoms with E-state index in [1.54, 1.807) is 0 Å². The Morgan fingerprint density at radius 1 is 1.25 bits per heavy atom. The molecular formula is C15H22ClN3O. The number of nitrogens with one attached hydrogen (secondary N) is 1. The SMILES string of the molecule is Cc1nn(Cc2ccc(CNC(C)(C)C)o2)c(C)c1Cl. The van der Waals surface area contributed by atoms with Gasteiger partial charge in [0.2, 0.25) is 0 Å². The predicted octanol–water partition coefficient (Wildman–Crippen LogP) is 3.68. The molecule has 20 heavy (non-hydrogen) atoms. The molecule has 5 heteroatoms. The number of aromatic nitrogens is 2. The van der Waals surface area contributed by atoms with E-state index < -0.39 is 0 Å². The lowest BCUT2D eigenvalue weighted by atomic mass is 10.1. The second-order valence-corrected chi connectivity index (χ2v) is 6.49. The Morgan fingerprint density at radius 3 is 2.45 bits per heavy atom. The Kier molecular flexibility index (Phi) is 4.25. The molecule has 0 atom stereocenters. The van der Waals surface area contributed by atoms with Crippen LogP contribution >= 0.6 is 11.6 Å². The van der Waals surface area contributed by atoms with Crippen molar-refractivity contribution in [3.63, 3.8) is 0 Å². The Hall–Kier alpha value is -1.26. The van der Waals surface area contributed by atoms with E-state index in [0.29, 0.717) is 6.54 Å². The van der Waals surface area contributed by atoms with Gasteiger partial charge in [-0.15, -0.1) is 0 Å². The number of nitrogens with zero attached hydrogens (tertiary/aromatic N) is 2. The summed E-state index contributed by atoms with van der Waals surface area (Å²) in [4.78, 5) is 0. The standard InChI is InChI=1S/C15H22ClN3O/c1-10-14(16)11(2)19(18-10)9-13-7-6-12(20-13)8-17-15(3,4)5/h6-7,17H,8-9H2,1-5H3. The van der Waals surface area contributed by atoms with Crippen LogP contribution in [0.3, 0.4) is 0 Å². The minimum absolute atomic E-state index is 0.0795. The van der Waals surface area contributed by atoms with Crippen molar-refractivity contribution < 1.29 is 4.42 Å². The van der Waals surface area contributed by atoms with Gasteiger partial charge in [0, 0.05) is 5.54 Å². The van der Waals surface area contributed by atoms with E-state index in [4.69, 9.17) is 16.0 Å². The van der Waals surface area contributed by atoms with Crippen molar-refractivity contribution in [2.24, 2.45) is 0 Å². The molecular weight excluding hydrogens is 274 g/mol. The van der Waals surface area contributed by atoms with Crippen molar-refractivity contribution in [2.45, 2.75) is 53.2 Å². The zero-order valence-electron chi connectivity index (χ0n) is 12.7. The average molecular weight is 296 g/mol. The molecule has 2 rings (SSSR count). The highest BCUT2D eigenvalue weighted by Gasteiger charge is 2.13. The van der Waals surface area contributed by atoms with E-state index in [2.05, 4.69) is 31.2 Å². The van der Waals surface area contributed by atoms with Crippen LogP contribution in [-0.4, -0.2) is 15.3 Å². The van der Waals surface area contributed by atoms with Gasteiger partial charge in [0.1, 0.15) is 11.5 Å². The van der Waals surface area contributed by atoms with Crippen LogP contribution in [-0.2, 0) is 13.1 Å². The van der Waals surface area contributed by atoms with Crippen LogP contribution in [0.5, 0.6) is 0 Å². The van der Waals surface area contributed by atoms with Gasteiger partial charge >= 0.3 is 0 Å². The maximum atomic E-state index is 6.15. The summed E-state index contributed by atoms with van der Waals surface area (Å²) in [6.07, 6.45) is 0. The predicted molar refractivity (Wildman–Crippen MR) is 81.1 cm³/mol. The Labute approximate surface area is 125 Å². The number of hydrogen-bond donors (Lipinski definition) is 1. The lowest BCUT2D eigenvalue weighted by Gasteiger charge is -2.19. The molecule has 110 valence electrons. The van der Waals surface area contributed by atoms with E-state index in [9.17, 15) is 0 Å². The van der Waals surface area contributed by atoms with Crippen LogP contribution in [0.4, 0.5) is 0 Å². The number of aryl methyl sites for hydroxylation is 1. The molecule has 1 N–H and O–H groups in total. The largest absolute Gasteiger partial charge is 0.463 e. The summed E-state index contributed by atoms with van der Waals surface area (Å²) in [6, 6.07) is 3.99. The molecule has 0 saturated heterocycles. The van der Waals surface area contributed by atoms with Gasteiger partial charge in [-0.25, -0.2) is 0 Å². The van der Waals surface area contributed by atoms with Crippen molar-refractivity contribution in [3.05, 3.63) is 40.1 Å². The summed E-state index contributed by atoms with van der Waals surface area (Å²) in [5, 5.41) is 8.54. The lowest BCUT2D eigenvalue weighted by Crippen LogP contribution is -2.34. The van der Waals surface area contributed by atoms with Gasteiger partial charge in [-0.3, -0.25) is 4.68 Å². The summed E-state index contributed by atoms with van der Waals surface area (Å²) in [5.74, 6) is 1.82. The third-order valence-corrected chi connectivity index (χ3v) is 3.66. The minimum atomic E-state index is 0.0795. The zero-order chi connectivity index (χ0) is 14.9. The monoisotopic (exact) mass is 295 g/mol. The average Bonchev–Trinajstić information content (AvgIpc) is 2.88. The molecule has 0 bridgehead atoms. The molecule has 0 spiro atoms. The fraction of sp³-hybridized carbons (Fsp3) is 0.533. The molecule has 0 aliphatic rings. The Balaban J connectivity index is 2.04. The highest BCUT2D eigenvalue weighted by atomic mass is 35.5. The first-order valence-corrected chi connectivity index (χ1v) is 7.16. The number of halogens is 1. The highest BCUT2D eigenvalue weighted by Crippen LogP contribution is 2.20. The summed E-state index contributed by atoms with van der Waals surface area (Å²) < 4.78 is 7.69. The van der Waals surface area contributed by atoms with Crippen molar-refractivity contribution in [1.29, 1.82) is 0 Å². The fourth-order valence-corrected chi connectivity index (χ4v) is 2.07. The van der Waals surface area contributed by atoms with Crippen LogP contribution in [0, 0.1) is 13.8 Å². The van der Waals surface area contributed by atoms with Crippen molar-refractivity contribution >= 4 is 11.6 Å². The second kappa shape index (κ2) is 5.62. The molecule has 0 aromatic carbocycles. The molecule has 0 saturated carbocycles. The molecule has 4 nitrogen and oxygen atoms in total. The smallest absolute Gasteiger partial charge is 0.125 e. The maximum Gasteiger partial charge on any atom is 0.125 e. The van der Waals surface area contributed by atoms with Gasteiger partial charge in [0.05, 0.1) is 29.5 Å².